The van der Waals surface area contributed by atoms with Crippen LogP contribution in [0.5, 0.6) is 11.5 Å². The van der Waals surface area contributed by atoms with E-state index in [0.717, 1.165) is 72.7 Å². The first kappa shape index (κ1) is 31.1. The summed E-state index contributed by atoms with van der Waals surface area (Å²) < 4.78 is 12.9. The molecule has 55 heavy (non-hydrogen) atoms. The number of para-hydroxylation sites is 2. The van der Waals surface area contributed by atoms with E-state index >= 15 is 0 Å². The predicted molar refractivity (Wildman–Crippen MR) is 212 cm³/mol. The number of ether oxygens (including phenoxy) is 1. The van der Waals surface area contributed by atoms with Crippen LogP contribution >= 0.6 is 0 Å². The van der Waals surface area contributed by atoms with Crippen molar-refractivity contribution in [2.75, 3.05) is 0 Å². The maximum absolute atomic E-state index is 6.66. The summed E-state index contributed by atoms with van der Waals surface area (Å²) in [5.74, 6) is 4.32. The molecule has 7 aromatic carbocycles. The summed E-state index contributed by atoms with van der Waals surface area (Å²) in [4.78, 5) is 15.5. The van der Waals surface area contributed by atoms with Gasteiger partial charge in [0.05, 0.1) is 5.41 Å². The lowest BCUT2D eigenvalue weighted by Crippen LogP contribution is -2.32. The molecule has 0 saturated carbocycles. The van der Waals surface area contributed by atoms with Crippen molar-refractivity contribution in [2.45, 2.75) is 5.41 Å². The lowest BCUT2D eigenvalue weighted by Gasteiger charge is -2.40. The van der Waals surface area contributed by atoms with Gasteiger partial charge in [0, 0.05) is 38.9 Å². The molecule has 258 valence electrons. The van der Waals surface area contributed by atoms with Gasteiger partial charge in [-0.05, 0) is 58.7 Å². The van der Waals surface area contributed by atoms with Gasteiger partial charge in [-0.2, -0.15) is 0 Å². The maximum Gasteiger partial charge on any atom is 0.248 e. The highest BCUT2D eigenvalue weighted by Crippen LogP contribution is 2.64. The molecule has 1 spiro atoms. The van der Waals surface area contributed by atoms with E-state index in [1.54, 1.807) is 0 Å². The monoisotopic (exact) mass is 707 g/mol. The Labute approximate surface area is 316 Å². The Balaban J connectivity index is 1.21. The average Bonchev–Trinajstić information content (AvgIpc) is 3.87. The molecule has 2 aliphatic rings. The molecule has 7 heteroatoms. The van der Waals surface area contributed by atoms with E-state index < -0.39 is 5.41 Å². The number of hydrogen-bond donors (Lipinski definition) is 0. The third-order valence-corrected chi connectivity index (χ3v) is 10.6. The number of nitrogens with zero attached hydrogens (tertiary/aromatic N) is 5. The summed E-state index contributed by atoms with van der Waals surface area (Å²) >= 11 is 0. The highest BCUT2D eigenvalue weighted by Gasteiger charge is 2.52. The first-order valence-corrected chi connectivity index (χ1v) is 18.2. The fraction of sp³-hybridized carbons (Fsp3) is 0.0208. The van der Waals surface area contributed by atoms with Gasteiger partial charge in [0.15, 0.2) is 17.5 Å². The molecule has 0 amide bonds. The van der Waals surface area contributed by atoms with Crippen molar-refractivity contribution in [1.29, 1.82) is 0 Å². The van der Waals surface area contributed by atoms with E-state index in [9.17, 15) is 0 Å². The minimum absolute atomic E-state index is 0.450. The van der Waals surface area contributed by atoms with Gasteiger partial charge >= 0.3 is 0 Å². The van der Waals surface area contributed by atoms with Crippen LogP contribution in [0.15, 0.2) is 180 Å². The molecule has 0 unspecified atom stereocenters. The normalized spacial score (nSPS) is 13.0. The molecule has 1 aliphatic heterocycles. The van der Waals surface area contributed by atoms with Crippen LogP contribution in [0.4, 0.5) is 0 Å². The summed E-state index contributed by atoms with van der Waals surface area (Å²) in [7, 11) is 0. The maximum atomic E-state index is 6.66. The molecule has 2 aromatic heterocycles. The molecule has 0 fully saturated rings. The predicted octanol–water partition coefficient (Wildman–Crippen LogP) is 11.1. The van der Waals surface area contributed by atoms with Crippen LogP contribution in [-0.2, 0) is 5.41 Å². The smallest absolute Gasteiger partial charge is 0.248 e. The van der Waals surface area contributed by atoms with Crippen LogP contribution in [0.3, 0.4) is 0 Å². The molecule has 9 aromatic rings. The van der Waals surface area contributed by atoms with Crippen molar-refractivity contribution in [3.63, 3.8) is 0 Å². The Morgan fingerprint density at radius 1 is 0.364 bits per heavy atom. The highest BCUT2D eigenvalue weighted by atomic mass is 16.5. The van der Waals surface area contributed by atoms with Crippen molar-refractivity contribution < 1.29 is 9.15 Å². The average molecular weight is 708 g/mol. The number of hydrogen-bond acceptors (Lipinski definition) is 7. The van der Waals surface area contributed by atoms with Gasteiger partial charge in [0.1, 0.15) is 11.5 Å². The first-order valence-electron chi connectivity index (χ1n) is 18.2. The summed E-state index contributed by atoms with van der Waals surface area (Å²) in [6.07, 6.45) is 0. The Morgan fingerprint density at radius 2 is 0.873 bits per heavy atom. The second kappa shape index (κ2) is 12.3. The summed E-state index contributed by atoms with van der Waals surface area (Å²) in [5, 5.41) is 8.91. The zero-order valence-corrected chi connectivity index (χ0v) is 29.3. The molecule has 0 bridgehead atoms. The Hall–Kier alpha value is -7.51. The standard InChI is InChI=1S/C48H29N5O2/c1-4-15-30(16-5-1)43-49-44(31-17-6-2-7-18-31)51-45(50-43)35-22-14-21-34-36-29-33(47-53-52-46(55-47)32-19-8-3-9-20-32)27-28-37(36)48(42(34)35)38-23-10-12-25-40(38)54-41-26-13-11-24-39(41)48/h1-29H. The van der Waals surface area contributed by atoms with Crippen molar-refractivity contribution in [1.82, 2.24) is 25.1 Å². The minimum Gasteiger partial charge on any atom is -0.457 e. The molecular formula is C48H29N5O2. The quantitative estimate of drug-likeness (QED) is 0.176. The number of rotatable bonds is 5. The molecule has 0 saturated heterocycles. The van der Waals surface area contributed by atoms with Crippen molar-refractivity contribution in [3.8, 4) is 79.7 Å². The van der Waals surface area contributed by atoms with Gasteiger partial charge < -0.3 is 9.15 Å². The molecule has 1 aliphatic carbocycles. The summed E-state index contributed by atoms with van der Waals surface area (Å²) in [6, 6.07) is 59.6. The minimum atomic E-state index is -0.776. The molecule has 11 rings (SSSR count). The lowest BCUT2D eigenvalue weighted by atomic mass is 9.65. The van der Waals surface area contributed by atoms with E-state index in [1.165, 1.54) is 0 Å². The van der Waals surface area contributed by atoms with Crippen LogP contribution in [0.25, 0.3) is 68.2 Å². The second-order valence-electron chi connectivity index (χ2n) is 13.6. The molecular weight excluding hydrogens is 679 g/mol. The van der Waals surface area contributed by atoms with E-state index in [0.29, 0.717) is 29.3 Å². The molecule has 7 nitrogen and oxygen atoms in total. The van der Waals surface area contributed by atoms with Gasteiger partial charge in [-0.3, -0.25) is 0 Å². The van der Waals surface area contributed by atoms with Crippen LogP contribution in [0.1, 0.15) is 22.3 Å². The van der Waals surface area contributed by atoms with Crippen molar-refractivity contribution >= 4 is 0 Å². The van der Waals surface area contributed by atoms with Crippen LogP contribution in [0.2, 0.25) is 0 Å². The number of aromatic nitrogens is 5. The molecule has 0 radical (unpaired) electrons. The fourth-order valence-corrected chi connectivity index (χ4v) is 8.25. The highest BCUT2D eigenvalue weighted by molar-refractivity contribution is 5.94. The van der Waals surface area contributed by atoms with Gasteiger partial charge in [0.2, 0.25) is 11.8 Å². The van der Waals surface area contributed by atoms with Crippen LogP contribution in [-0.4, -0.2) is 25.1 Å². The second-order valence-corrected chi connectivity index (χ2v) is 13.6. The van der Waals surface area contributed by atoms with Crippen LogP contribution in [0, 0.1) is 0 Å². The van der Waals surface area contributed by atoms with Gasteiger partial charge in [0.25, 0.3) is 0 Å². The topological polar surface area (TPSA) is 86.8 Å². The first-order chi connectivity index (χ1) is 27.3. The lowest BCUT2D eigenvalue weighted by molar-refractivity contribution is 0.436. The number of benzene rings is 7. The van der Waals surface area contributed by atoms with Gasteiger partial charge in [-0.15, -0.1) is 10.2 Å². The Kier molecular flexibility index (Phi) is 6.94. The summed E-state index contributed by atoms with van der Waals surface area (Å²) in [5.41, 5.74) is 10.0. The third kappa shape index (κ3) is 4.80. The van der Waals surface area contributed by atoms with Crippen molar-refractivity contribution in [3.05, 3.63) is 198 Å². The van der Waals surface area contributed by atoms with Crippen LogP contribution < -0.4 is 4.74 Å². The van der Waals surface area contributed by atoms with Gasteiger partial charge in [-0.25, -0.2) is 15.0 Å². The Bertz CT molecular complexity index is 2810. The van der Waals surface area contributed by atoms with E-state index in [2.05, 4.69) is 83.0 Å². The molecule has 0 atom stereocenters. The fourth-order valence-electron chi connectivity index (χ4n) is 8.25. The SMILES string of the molecule is c1ccc(-c2nc(-c3ccccc3)nc(-c3cccc4c3C3(c5ccccc5Oc5ccccc53)c3ccc(-c5nnc(-c6ccccc6)o5)cc3-4)n2)cc1. The van der Waals surface area contributed by atoms with Gasteiger partial charge in [-0.1, -0.05) is 140 Å². The van der Waals surface area contributed by atoms with E-state index in [-0.39, 0.29) is 0 Å². The summed E-state index contributed by atoms with van der Waals surface area (Å²) in [6.45, 7) is 0. The third-order valence-electron chi connectivity index (χ3n) is 10.6. The zero-order valence-electron chi connectivity index (χ0n) is 29.3. The van der Waals surface area contributed by atoms with Crippen molar-refractivity contribution in [2.24, 2.45) is 0 Å². The molecule has 3 heterocycles. The van der Waals surface area contributed by atoms with E-state index in [1.807, 2.05) is 103 Å². The Morgan fingerprint density at radius 3 is 1.49 bits per heavy atom. The number of fused-ring (bicyclic) bond motifs is 9. The largest absolute Gasteiger partial charge is 0.457 e. The van der Waals surface area contributed by atoms with E-state index in [4.69, 9.17) is 24.1 Å². The molecule has 0 N–H and O–H groups in total. The zero-order chi connectivity index (χ0) is 36.3.